The minimum Gasteiger partial charge on any atom is -0.388 e. The highest BCUT2D eigenvalue weighted by atomic mass is 32.1. The smallest absolute Gasteiger partial charge is 0.185 e. The van der Waals surface area contributed by atoms with E-state index in [9.17, 15) is 5.11 Å². The second-order valence-corrected chi connectivity index (χ2v) is 5.79. The first-order chi connectivity index (χ1) is 7.66. The molecule has 1 aliphatic rings. The Morgan fingerprint density at radius 3 is 2.81 bits per heavy atom. The minimum atomic E-state index is -0.397. The van der Waals surface area contributed by atoms with Gasteiger partial charge >= 0.3 is 0 Å². The zero-order valence-corrected chi connectivity index (χ0v) is 10.8. The quantitative estimate of drug-likeness (QED) is 0.879. The van der Waals surface area contributed by atoms with Crippen LogP contribution in [-0.4, -0.2) is 23.7 Å². The van der Waals surface area contributed by atoms with Crippen LogP contribution in [0.1, 0.15) is 43.6 Å². The summed E-state index contributed by atoms with van der Waals surface area (Å²) in [5.74, 6) is 0.837. The van der Waals surface area contributed by atoms with Crippen LogP contribution >= 0.6 is 11.3 Å². The first-order valence-electron chi connectivity index (χ1n) is 6.01. The van der Waals surface area contributed by atoms with Gasteiger partial charge in [0, 0.05) is 19.8 Å². The molecule has 0 saturated heterocycles. The van der Waals surface area contributed by atoms with Gasteiger partial charge in [0.15, 0.2) is 5.13 Å². The molecule has 1 atom stereocenters. The van der Waals surface area contributed by atoms with Gasteiger partial charge in [0.1, 0.15) is 0 Å². The summed E-state index contributed by atoms with van der Waals surface area (Å²) in [7, 11) is 2.10. The molecule has 2 rings (SSSR count). The highest BCUT2D eigenvalue weighted by Gasteiger charge is 2.18. The average molecular weight is 240 g/mol. The summed E-state index contributed by atoms with van der Waals surface area (Å²) >= 11 is 1.60. The number of rotatable bonds is 4. The number of hydrogen-bond acceptors (Lipinski definition) is 4. The molecule has 4 heteroatoms. The van der Waals surface area contributed by atoms with E-state index in [0.29, 0.717) is 0 Å². The van der Waals surface area contributed by atoms with Crippen molar-refractivity contribution in [3.63, 3.8) is 0 Å². The van der Waals surface area contributed by atoms with E-state index in [2.05, 4.69) is 16.9 Å². The molecule has 1 fully saturated rings. The van der Waals surface area contributed by atoms with Crippen molar-refractivity contribution in [2.45, 2.75) is 38.7 Å². The van der Waals surface area contributed by atoms with Crippen LogP contribution in [0, 0.1) is 5.92 Å². The standard InChI is InChI=1S/C12H20N2OS/c1-9(15)11-7-13-12(16-11)14(2)8-10-5-3-4-6-10/h7,9-10,15H,3-6,8H2,1-2H3. The lowest BCUT2D eigenvalue weighted by molar-refractivity contribution is 0.203. The van der Waals surface area contributed by atoms with Crippen LogP contribution in [0.3, 0.4) is 0 Å². The molecule has 1 unspecified atom stereocenters. The van der Waals surface area contributed by atoms with Crippen LogP contribution in [0.15, 0.2) is 6.20 Å². The molecule has 1 aromatic rings. The Morgan fingerprint density at radius 1 is 1.56 bits per heavy atom. The van der Waals surface area contributed by atoms with Gasteiger partial charge in [0.2, 0.25) is 0 Å². The number of hydrogen-bond donors (Lipinski definition) is 1. The second-order valence-electron chi connectivity index (χ2n) is 4.75. The molecule has 0 amide bonds. The van der Waals surface area contributed by atoms with E-state index in [4.69, 9.17) is 0 Å². The largest absolute Gasteiger partial charge is 0.388 e. The van der Waals surface area contributed by atoms with Crippen molar-refractivity contribution in [3.8, 4) is 0 Å². The Morgan fingerprint density at radius 2 is 2.25 bits per heavy atom. The number of nitrogens with zero attached hydrogens (tertiary/aromatic N) is 2. The number of aromatic nitrogens is 1. The number of aliphatic hydroxyl groups excluding tert-OH is 1. The first-order valence-corrected chi connectivity index (χ1v) is 6.83. The molecule has 1 aliphatic carbocycles. The average Bonchev–Trinajstić information content (AvgIpc) is 2.86. The van der Waals surface area contributed by atoms with E-state index in [0.717, 1.165) is 22.5 Å². The Balaban J connectivity index is 1.94. The van der Waals surface area contributed by atoms with Crippen molar-refractivity contribution >= 4 is 16.5 Å². The predicted octanol–water partition coefficient (Wildman–Crippen LogP) is 2.82. The van der Waals surface area contributed by atoms with E-state index in [1.165, 1.54) is 25.7 Å². The summed E-state index contributed by atoms with van der Waals surface area (Å²) in [6.45, 7) is 2.89. The number of thiazole rings is 1. The van der Waals surface area contributed by atoms with Crippen molar-refractivity contribution in [1.82, 2.24) is 4.98 Å². The number of aliphatic hydroxyl groups is 1. The van der Waals surface area contributed by atoms with Gasteiger partial charge in [-0.1, -0.05) is 24.2 Å². The first kappa shape index (κ1) is 11.9. The molecule has 1 N–H and O–H groups in total. The third kappa shape index (κ3) is 2.74. The molecule has 0 spiro atoms. The molecule has 3 nitrogen and oxygen atoms in total. The lowest BCUT2D eigenvalue weighted by atomic mass is 10.1. The topological polar surface area (TPSA) is 36.4 Å². The Kier molecular flexibility index (Phi) is 3.82. The fourth-order valence-corrected chi connectivity index (χ4v) is 3.13. The van der Waals surface area contributed by atoms with Crippen molar-refractivity contribution in [2.24, 2.45) is 5.92 Å². The Hall–Kier alpha value is -0.610. The van der Waals surface area contributed by atoms with Gasteiger partial charge in [0.25, 0.3) is 0 Å². The van der Waals surface area contributed by atoms with Gasteiger partial charge in [-0.2, -0.15) is 0 Å². The maximum Gasteiger partial charge on any atom is 0.185 e. The van der Waals surface area contributed by atoms with Gasteiger partial charge in [-0.15, -0.1) is 0 Å². The van der Waals surface area contributed by atoms with Crippen LogP contribution in [0.25, 0.3) is 0 Å². The van der Waals surface area contributed by atoms with Crippen LogP contribution in [-0.2, 0) is 0 Å². The van der Waals surface area contributed by atoms with Crippen LogP contribution < -0.4 is 4.90 Å². The van der Waals surface area contributed by atoms with Crippen molar-refractivity contribution in [1.29, 1.82) is 0 Å². The van der Waals surface area contributed by atoms with Crippen molar-refractivity contribution in [2.75, 3.05) is 18.5 Å². The van der Waals surface area contributed by atoms with Crippen molar-refractivity contribution in [3.05, 3.63) is 11.1 Å². The van der Waals surface area contributed by atoms with Gasteiger partial charge in [-0.25, -0.2) is 4.98 Å². The monoisotopic (exact) mass is 240 g/mol. The normalized spacial score (nSPS) is 18.9. The lowest BCUT2D eigenvalue weighted by Crippen LogP contribution is -2.23. The highest BCUT2D eigenvalue weighted by Crippen LogP contribution is 2.30. The highest BCUT2D eigenvalue weighted by molar-refractivity contribution is 7.15. The molecule has 0 aromatic carbocycles. The molecule has 1 saturated carbocycles. The molecular formula is C12H20N2OS. The van der Waals surface area contributed by atoms with Crippen LogP contribution in [0.5, 0.6) is 0 Å². The zero-order chi connectivity index (χ0) is 11.5. The maximum absolute atomic E-state index is 9.45. The van der Waals surface area contributed by atoms with E-state index in [1.54, 1.807) is 24.5 Å². The minimum absolute atomic E-state index is 0.397. The van der Waals surface area contributed by atoms with E-state index in [1.807, 2.05) is 0 Å². The molecule has 90 valence electrons. The summed E-state index contributed by atoms with van der Waals surface area (Å²) in [6, 6.07) is 0. The molecule has 16 heavy (non-hydrogen) atoms. The summed E-state index contributed by atoms with van der Waals surface area (Å²) in [6.07, 6.45) is 6.88. The molecule has 0 bridgehead atoms. The van der Waals surface area contributed by atoms with Gasteiger partial charge < -0.3 is 10.0 Å². The fraction of sp³-hybridized carbons (Fsp3) is 0.750. The second kappa shape index (κ2) is 5.15. The molecule has 0 aliphatic heterocycles. The van der Waals surface area contributed by atoms with Gasteiger partial charge in [0.05, 0.1) is 11.0 Å². The number of anilines is 1. The van der Waals surface area contributed by atoms with E-state index in [-0.39, 0.29) is 0 Å². The van der Waals surface area contributed by atoms with Gasteiger partial charge in [-0.3, -0.25) is 0 Å². The summed E-state index contributed by atoms with van der Waals surface area (Å²) in [5.41, 5.74) is 0. The maximum atomic E-state index is 9.45. The van der Waals surface area contributed by atoms with E-state index >= 15 is 0 Å². The third-order valence-corrected chi connectivity index (χ3v) is 4.54. The lowest BCUT2D eigenvalue weighted by Gasteiger charge is -2.19. The summed E-state index contributed by atoms with van der Waals surface area (Å²) in [4.78, 5) is 7.54. The van der Waals surface area contributed by atoms with Crippen LogP contribution in [0.2, 0.25) is 0 Å². The predicted molar refractivity (Wildman–Crippen MR) is 68.0 cm³/mol. The molecule has 1 heterocycles. The Labute approximate surface area is 101 Å². The van der Waals surface area contributed by atoms with Crippen molar-refractivity contribution < 1.29 is 5.11 Å². The molecule has 1 aromatic heterocycles. The van der Waals surface area contributed by atoms with E-state index < -0.39 is 6.10 Å². The summed E-state index contributed by atoms with van der Waals surface area (Å²) in [5, 5.41) is 10.5. The Bertz CT molecular complexity index is 332. The molecular weight excluding hydrogens is 220 g/mol. The van der Waals surface area contributed by atoms with Crippen LogP contribution in [0.4, 0.5) is 5.13 Å². The summed E-state index contributed by atoms with van der Waals surface area (Å²) < 4.78 is 0. The molecule has 0 radical (unpaired) electrons. The SMILES string of the molecule is CC(O)c1cnc(N(C)CC2CCCC2)s1. The zero-order valence-electron chi connectivity index (χ0n) is 10.0. The third-order valence-electron chi connectivity index (χ3n) is 3.26. The van der Waals surface area contributed by atoms with Gasteiger partial charge in [-0.05, 0) is 25.7 Å². The fourth-order valence-electron chi connectivity index (χ4n) is 2.30.